The zero-order chi connectivity index (χ0) is 9.19. The molecule has 1 heterocycles. The van der Waals surface area contributed by atoms with Crippen molar-refractivity contribution in [2.75, 3.05) is 13.1 Å². The Morgan fingerprint density at radius 2 is 1.75 bits per heavy atom. The van der Waals surface area contributed by atoms with Gasteiger partial charge in [-0.05, 0) is 33.6 Å². The van der Waals surface area contributed by atoms with E-state index in [4.69, 9.17) is 5.84 Å². The van der Waals surface area contributed by atoms with E-state index in [2.05, 4.69) is 26.1 Å². The van der Waals surface area contributed by atoms with Gasteiger partial charge in [-0.25, -0.2) is 5.01 Å². The van der Waals surface area contributed by atoms with Crippen LogP contribution in [0.5, 0.6) is 0 Å². The number of piperidine rings is 1. The molecule has 0 amide bonds. The molecule has 0 saturated carbocycles. The van der Waals surface area contributed by atoms with E-state index in [9.17, 15) is 0 Å². The smallest absolute Gasteiger partial charge is 0.0143 e. The molecule has 3 N–H and O–H groups in total. The van der Waals surface area contributed by atoms with E-state index in [0.29, 0.717) is 6.04 Å². The Morgan fingerprint density at radius 3 is 2.17 bits per heavy atom. The predicted molar refractivity (Wildman–Crippen MR) is 51.7 cm³/mol. The van der Waals surface area contributed by atoms with Crippen molar-refractivity contribution in [3.63, 3.8) is 0 Å². The Labute approximate surface area is 75.3 Å². The minimum absolute atomic E-state index is 0.238. The van der Waals surface area contributed by atoms with Crippen molar-refractivity contribution >= 4 is 0 Å². The summed E-state index contributed by atoms with van der Waals surface area (Å²) in [6.45, 7) is 8.67. The molecule has 12 heavy (non-hydrogen) atoms. The number of nitrogens with one attached hydrogen (secondary N) is 1. The number of hydrogen-bond acceptors (Lipinski definition) is 3. The standard InChI is InChI=1S/C9H21N3/c1-9(2,3)11-8-4-6-12(10)7-5-8/h8,11H,4-7,10H2,1-3H3. The summed E-state index contributed by atoms with van der Waals surface area (Å²) in [6, 6.07) is 0.657. The third kappa shape index (κ3) is 3.52. The molecule has 0 aromatic heterocycles. The summed E-state index contributed by atoms with van der Waals surface area (Å²) in [6.07, 6.45) is 2.35. The van der Waals surface area contributed by atoms with E-state index in [1.807, 2.05) is 5.01 Å². The molecule has 1 saturated heterocycles. The summed E-state index contributed by atoms with van der Waals surface area (Å²) < 4.78 is 0. The second-order valence-electron chi connectivity index (χ2n) is 4.70. The molecule has 0 bridgehead atoms. The van der Waals surface area contributed by atoms with Crippen LogP contribution in [-0.2, 0) is 0 Å². The molecule has 1 fully saturated rings. The highest BCUT2D eigenvalue weighted by atomic mass is 15.4. The summed E-state index contributed by atoms with van der Waals surface area (Å²) in [5.74, 6) is 5.67. The van der Waals surface area contributed by atoms with Gasteiger partial charge in [0.1, 0.15) is 0 Å². The molecule has 3 nitrogen and oxygen atoms in total. The van der Waals surface area contributed by atoms with Crippen LogP contribution in [0, 0.1) is 0 Å². The molecule has 1 aliphatic heterocycles. The molecule has 1 aliphatic rings. The van der Waals surface area contributed by atoms with Gasteiger partial charge in [-0.2, -0.15) is 0 Å². The van der Waals surface area contributed by atoms with Gasteiger partial charge in [-0.15, -0.1) is 0 Å². The van der Waals surface area contributed by atoms with Gasteiger partial charge in [0.05, 0.1) is 0 Å². The van der Waals surface area contributed by atoms with Gasteiger partial charge in [0.25, 0.3) is 0 Å². The summed E-state index contributed by atoms with van der Waals surface area (Å²) in [5, 5.41) is 5.50. The van der Waals surface area contributed by atoms with Gasteiger partial charge in [-0.3, -0.25) is 5.84 Å². The highest BCUT2D eigenvalue weighted by Crippen LogP contribution is 2.11. The average Bonchev–Trinajstić information content (AvgIpc) is 1.91. The van der Waals surface area contributed by atoms with E-state index < -0.39 is 0 Å². The molecule has 0 aliphatic carbocycles. The van der Waals surface area contributed by atoms with Crippen molar-refractivity contribution in [2.45, 2.75) is 45.2 Å². The van der Waals surface area contributed by atoms with Crippen molar-refractivity contribution in [3.8, 4) is 0 Å². The fourth-order valence-electron chi connectivity index (χ4n) is 1.66. The van der Waals surface area contributed by atoms with Crippen LogP contribution in [0.2, 0.25) is 0 Å². The van der Waals surface area contributed by atoms with E-state index in [1.165, 1.54) is 12.8 Å². The van der Waals surface area contributed by atoms with Crippen molar-refractivity contribution in [3.05, 3.63) is 0 Å². The first-order valence-electron chi connectivity index (χ1n) is 4.75. The van der Waals surface area contributed by atoms with Crippen LogP contribution in [0.3, 0.4) is 0 Å². The maximum absolute atomic E-state index is 5.67. The molecule has 0 atom stereocenters. The third-order valence-corrected chi connectivity index (χ3v) is 2.17. The van der Waals surface area contributed by atoms with Crippen LogP contribution in [0.1, 0.15) is 33.6 Å². The number of hydrogen-bond donors (Lipinski definition) is 2. The lowest BCUT2D eigenvalue weighted by Gasteiger charge is -2.34. The normalized spacial score (nSPS) is 23.0. The van der Waals surface area contributed by atoms with Crippen molar-refractivity contribution in [2.24, 2.45) is 5.84 Å². The average molecular weight is 171 g/mol. The molecular formula is C9H21N3. The van der Waals surface area contributed by atoms with Crippen LogP contribution >= 0.6 is 0 Å². The van der Waals surface area contributed by atoms with Crippen molar-refractivity contribution < 1.29 is 0 Å². The van der Waals surface area contributed by atoms with Crippen LogP contribution in [0.25, 0.3) is 0 Å². The first-order valence-corrected chi connectivity index (χ1v) is 4.75. The molecule has 0 aromatic rings. The summed E-state index contributed by atoms with van der Waals surface area (Å²) >= 11 is 0. The summed E-state index contributed by atoms with van der Waals surface area (Å²) in [7, 11) is 0. The van der Waals surface area contributed by atoms with Crippen molar-refractivity contribution in [1.82, 2.24) is 10.3 Å². The number of nitrogens with two attached hydrogens (primary N) is 1. The zero-order valence-electron chi connectivity index (χ0n) is 8.43. The van der Waals surface area contributed by atoms with Crippen molar-refractivity contribution in [1.29, 1.82) is 0 Å². The molecule has 0 spiro atoms. The van der Waals surface area contributed by atoms with Gasteiger partial charge in [-0.1, -0.05) is 0 Å². The molecule has 72 valence electrons. The second kappa shape index (κ2) is 3.73. The van der Waals surface area contributed by atoms with E-state index in [1.54, 1.807) is 0 Å². The van der Waals surface area contributed by atoms with Gasteiger partial charge >= 0.3 is 0 Å². The highest BCUT2D eigenvalue weighted by Gasteiger charge is 2.21. The van der Waals surface area contributed by atoms with Gasteiger partial charge in [0.2, 0.25) is 0 Å². The summed E-state index contributed by atoms with van der Waals surface area (Å²) in [5.41, 5.74) is 0.238. The topological polar surface area (TPSA) is 41.3 Å². The Kier molecular flexibility index (Phi) is 3.09. The molecular weight excluding hydrogens is 150 g/mol. The lowest BCUT2D eigenvalue weighted by molar-refractivity contribution is 0.184. The number of rotatable bonds is 1. The maximum atomic E-state index is 5.67. The summed E-state index contributed by atoms with van der Waals surface area (Å²) in [4.78, 5) is 0. The van der Waals surface area contributed by atoms with Gasteiger partial charge in [0.15, 0.2) is 0 Å². The Bertz CT molecular complexity index is 131. The number of nitrogens with zero attached hydrogens (tertiary/aromatic N) is 1. The van der Waals surface area contributed by atoms with Crippen LogP contribution < -0.4 is 11.2 Å². The van der Waals surface area contributed by atoms with E-state index >= 15 is 0 Å². The van der Waals surface area contributed by atoms with Crippen LogP contribution in [-0.4, -0.2) is 29.7 Å². The minimum Gasteiger partial charge on any atom is -0.309 e. The Hall–Kier alpha value is -0.120. The lowest BCUT2D eigenvalue weighted by atomic mass is 10.0. The van der Waals surface area contributed by atoms with Gasteiger partial charge in [0, 0.05) is 24.7 Å². The third-order valence-electron chi connectivity index (χ3n) is 2.17. The Balaban J connectivity index is 2.26. The minimum atomic E-state index is 0.238. The fourth-order valence-corrected chi connectivity index (χ4v) is 1.66. The maximum Gasteiger partial charge on any atom is 0.0143 e. The SMILES string of the molecule is CC(C)(C)NC1CCN(N)CC1. The molecule has 1 rings (SSSR count). The first kappa shape index (κ1) is 9.96. The largest absolute Gasteiger partial charge is 0.309 e. The highest BCUT2D eigenvalue weighted by molar-refractivity contribution is 4.81. The van der Waals surface area contributed by atoms with Crippen LogP contribution in [0.4, 0.5) is 0 Å². The van der Waals surface area contributed by atoms with E-state index in [0.717, 1.165) is 13.1 Å². The fraction of sp³-hybridized carbons (Fsp3) is 1.00. The first-order chi connectivity index (χ1) is 5.47. The molecule has 0 unspecified atom stereocenters. The number of hydrazine groups is 1. The molecule has 0 aromatic carbocycles. The monoisotopic (exact) mass is 171 g/mol. The van der Waals surface area contributed by atoms with Crippen LogP contribution in [0.15, 0.2) is 0 Å². The zero-order valence-corrected chi connectivity index (χ0v) is 8.43. The Morgan fingerprint density at radius 1 is 1.25 bits per heavy atom. The van der Waals surface area contributed by atoms with Gasteiger partial charge < -0.3 is 5.32 Å². The van der Waals surface area contributed by atoms with E-state index in [-0.39, 0.29) is 5.54 Å². The molecule has 3 heteroatoms. The lowest BCUT2D eigenvalue weighted by Crippen LogP contribution is -2.50. The quantitative estimate of drug-likeness (QED) is 0.571. The molecule has 0 radical (unpaired) electrons. The second-order valence-corrected chi connectivity index (χ2v) is 4.70. The predicted octanol–water partition coefficient (Wildman–Crippen LogP) is 0.713.